The van der Waals surface area contributed by atoms with Crippen molar-refractivity contribution in [3.63, 3.8) is 0 Å². The minimum atomic E-state index is -0.728. The predicted octanol–water partition coefficient (Wildman–Crippen LogP) is 1.86. The van der Waals surface area contributed by atoms with Gasteiger partial charge in [0.15, 0.2) is 0 Å². The fourth-order valence-electron chi connectivity index (χ4n) is 2.21. The maximum absolute atomic E-state index is 12.0. The van der Waals surface area contributed by atoms with Crippen LogP contribution in [-0.4, -0.2) is 39.3 Å². The summed E-state index contributed by atoms with van der Waals surface area (Å²) in [6.07, 6.45) is 0.800. The molecule has 1 aromatic carbocycles. The number of thiophene rings is 1. The van der Waals surface area contributed by atoms with Crippen LogP contribution in [0.4, 0.5) is 0 Å². The SMILES string of the molecule is COc1ccc(Cc2csc(CC(=O)C(=O)c3nn[nH]n3)c2)cc1. The number of carbonyl (C=O) groups excluding carboxylic acids is 2. The molecule has 0 atom stereocenters. The highest BCUT2D eigenvalue weighted by molar-refractivity contribution is 7.10. The average Bonchev–Trinajstić information content (AvgIpc) is 3.27. The molecular formula is C16H14N4O3S. The first-order chi connectivity index (χ1) is 11.7. The number of hydrogen-bond donors (Lipinski definition) is 1. The van der Waals surface area contributed by atoms with E-state index in [9.17, 15) is 9.59 Å². The summed E-state index contributed by atoms with van der Waals surface area (Å²) in [5, 5.41) is 14.5. The topological polar surface area (TPSA) is 97.8 Å². The van der Waals surface area contributed by atoms with Crippen molar-refractivity contribution in [1.29, 1.82) is 0 Å². The Hall–Kier alpha value is -2.87. The van der Waals surface area contributed by atoms with Gasteiger partial charge in [0, 0.05) is 11.3 Å². The summed E-state index contributed by atoms with van der Waals surface area (Å²) in [4.78, 5) is 24.6. The predicted molar refractivity (Wildman–Crippen MR) is 87.3 cm³/mol. The van der Waals surface area contributed by atoms with E-state index in [4.69, 9.17) is 4.74 Å². The van der Waals surface area contributed by atoms with Crippen molar-refractivity contribution in [3.05, 3.63) is 57.5 Å². The van der Waals surface area contributed by atoms with E-state index in [0.717, 1.165) is 28.2 Å². The summed E-state index contributed by atoms with van der Waals surface area (Å²) >= 11 is 1.46. The lowest BCUT2D eigenvalue weighted by molar-refractivity contribution is -0.114. The summed E-state index contributed by atoms with van der Waals surface area (Å²) in [5.74, 6) is -0.659. The number of nitrogens with zero attached hydrogens (tertiary/aromatic N) is 3. The van der Waals surface area contributed by atoms with E-state index >= 15 is 0 Å². The number of hydrogen-bond acceptors (Lipinski definition) is 7. The van der Waals surface area contributed by atoms with Gasteiger partial charge in [-0.2, -0.15) is 5.21 Å². The lowest BCUT2D eigenvalue weighted by atomic mass is 10.1. The van der Waals surface area contributed by atoms with E-state index in [1.165, 1.54) is 11.3 Å². The van der Waals surface area contributed by atoms with Gasteiger partial charge in [-0.05, 0) is 46.3 Å². The second-order valence-corrected chi connectivity index (χ2v) is 6.11. The Labute approximate surface area is 141 Å². The van der Waals surface area contributed by atoms with Crippen molar-refractivity contribution in [3.8, 4) is 5.75 Å². The summed E-state index contributed by atoms with van der Waals surface area (Å²) < 4.78 is 5.14. The number of rotatable bonds is 7. The molecule has 0 fully saturated rings. The molecule has 3 aromatic rings. The molecule has 0 amide bonds. The van der Waals surface area contributed by atoms with Crippen molar-refractivity contribution < 1.29 is 14.3 Å². The lowest BCUT2D eigenvalue weighted by Crippen LogP contribution is -2.17. The van der Waals surface area contributed by atoms with Crippen LogP contribution in [0.3, 0.4) is 0 Å². The number of H-pyrrole nitrogens is 1. The molecule has 0 bridgehead atoms. The third kappa shape index (κ3) is 3.72. The van der Waals surface area contributed by atoms with Gasteiger partial charge in [-0.25, -0.2) is 0 Å². The third-order valence-electron chi connectivity index (χ3n) is 3.41. The van der Waals surface area contributed by atoms with Crippen LogP contribution >= 0.6 is 11.3 Å². The molecule has 24 heavy (non-hydrogen) atoms. The molecule has 8 heteroatoms. The third-order valence-corrected chi connectivity index (χ3v) is 4.40. The fourth-order valence-corrected chi connectivity index (χ4v) is 3.10. The number of methoxy groups -OCH3 is 1. The van der Waals surface area contributed by atoms with Gasteiger partial charge in [-0.1, -0.05) is 12.1 Å². The van der Waals surface area contributed by atoms with Gasteiger partial charge in [0.05, 0.1) is 7.11 Å². The van der Waals surface area contributed by atoms with Crippen LogP contribution in [-0.2, 0) is 17.6 Å². The van der Waals surface area contributed by atoms with Gasteiger partial charge in [-0.3, -0.25) is 9.59 Å². The molecule has 0 aliphatic carbocycles. The molecular weight excluding hydrogens is 328 g/mol. The number of ketones is 2. The van der Waals surface area contributed by atoms with Crippen LogP contribution in [0.25, 0.3) is 0 Å². The van der Waals surface area contributed by atoms with E-state index in [0.29, 0.717) is 0 Å². The summed E-state index contributed by atoms with van der Waals surface area (Å²) in [5.41, 5.74) is 2.24. The number of aromatic amines is 1. The molecule has 0 saturated carbocycles. The van der Waals surface area contributed by atoms with Crippen LogP contribution in [0.15, 0.2) is 35.7 Å². The zero-order chi connectivity index (χ0) is 16.9. The molecule has 0 spiro atoms. The van der Waals surface area contributed by atoms with Gasteiger partial charge in [0.1, 0.15) is 5.75 Å². The molecule has 2 aromatic heterocycles. The van der Waals surface area contributed by atoms with Gasteiger partial charge in [-0.15, -0.1) is 21.5 Å². The maximum Gasteiger partial charge on any atom is 0.269 e. The fraction of sp³-hybridized carbons (Fsp3) is 0.188. The number of Topliss-reactive ketones (excluding diaryl/α,β-unsaturated/α-hetero) is 2. The number of benzene rings is 1. The molecule has 1 N–H and O–H groups in total. The summed E-state index contributed by atoms with van der Waals surface area (Å²) in [6, 6.07) is 9.77. The average molecular weight is 342 g/mol. The van der Waals surface area contributed by atoms with E-state index in [-0.39, 0.29) is 12.2 Å². The second-order valence-electron chi connectivity index (χ2n) is 5.11. The van der Waals surface area contributed by atoms with Crippen molar-refractivity contribution in [2.24, 2.45) is 0 Å². The molecule has 0 radical (unpaired) electrons. The Bertz CT molecular complexity index is 841. The summed E-state index contributed by atoms with van der Waals surface area (Å²) in [6.45, 7) is 0. The van der Waals surface area contributed by atoms with Gasteiger partial charge >= 0.3 is 0 Å². The molecule has 0 aliphatic rings. The van der Waals surface area contributed by atoms with Crippen molar-refractivity contribution in [1.82, 2.24) is 20.6 Å². The number of carbonyl (C=O) groups is 2. The normalized spacial score (nSPS) is 10.5. The van der Waals surface area contributed by atoms with E-state index < -0.39 is 11.6 Å². The van der Waals surface area contributed by atoms with Gasteiger partial charge in [0.2, 0.25) is 11.6 Å². The Balaban J connectivity index is 1.62. The monoisotopic (exact) mass is 342 g/mol. The van der Waals surface area contributed by atoms with E-state index in [1.807, 2.05) is 35.7 Å². The van der Waals surface area contributed by atoms with Crippen LogP contribution in [0.2, 0.25) is 0 Å². The standard InChI is InChI=1S/C16H14N4O3S/c1-23-12-4-2-10(3-5-12)6-11-7-13(24-9-11)8-14(21)15(22)16-17-19-20-18-16/h2-5,7,9H,6,8H2,1H3,(H,17,18,19,20). The van der Waals surface area contributed by atoms with Crippen LogP contribution in [0, 0.1) is 0 Å². The molecule has 0 aliphatic heterocycles. The van der Waals surface area contributed by atoms with Gasteiger partial charge in [0.25, 0.3) is 5.78 Å². The number of nitrogens with one attached hydrogen (secondary N) is 1. The van der Waals surface area contributed by atoms with Gasteiger partial charge < -0.3 is 4.74 Å². The maximum atomic E-state index is 12.0. The molecule has 0 saturated heterocycles. The highest BCUT2D eigenvalue weighted by Gasteiger charge is 2.21. The van der Waals surface area contributed by atoms with Crippen LogP contribution in [0.1, 0.15) is 26.6 Å². The smallest absolute Gasteiger partial charge is 0.269 e. The highest BCUT2D eigenvalue weighted by Crippen LogP contribution is 2.20. The Morgan fingerprint density at radius 2 is 2.00 bits per heavy atom. The molecule has 122 valence electrons. The van der Waals surface area contributed by atoms with Crippen LogP contribution in [0.5, 0.6) is 5.75 Å². The Kier molecular flexibility index (Phi) is 4.76. The minimum Gasteiger partial charge on any atom is -0.497 e. The quantitative estimate of drug-likeness (QED) is 0.520. The Morgan fingerprint density at radius 1 is 1.21 bits per heavy atom. The van der Waals surface area contributed by atoms with Crippen molar-refractivity contribution in [2.75, 3.05) is 7.11 Å². The summed E-state index contributed by atoms with van der Waals surface area (Å²) in [7, 11) is 1.63. The molecule has 3 rings (SSSR count). The highest BCUT2D eigenvalue weighted by atomic mass is 32.1. The van der Waals surface area contributed by atoms with Crippen molar-refractivity contribution in [2.45, 2.75) is 12.8 Å². The number of aromatic nitrogens is 4. The van der Waals surface area contributed by atoms with Crippen LogP contribution < -0.4 is 4.74 Å². The number of ether oxygens (including phenoxy) is 1. The first-order valence-corrected chi connectivity index (χ1v) is 8.04. The first-order valence-electron chi connectivity index (χ1n) is 7.16. The lowest BCUT2D eigenvalue weighted by Gasteiger charge is -2.02. The van der Waals surface area contributed by atoms with E-state index in [1.54, 1.807) is 7.11 Å². The number of tetrazole rings is 1. The molecule has 0 unspecified atom stereocenters. The largest absolute Gasteiger partial charge is 0.497 e. The van der Waals surface area contributed by atoms with Crippen molar-refractivity contribution >= 4 is 22.9 Å². The second kappa shape index (κ2) is 7.14. The zero-order valence-electron chi connectivity index (χ0n) is 12.9. The van der Waals surface area contributed by atoms with E-state index in [2.05, 4.69) is 20.6 Å². The Morgan fingerprint density at radius 3 is 2.67 bits per heavy atom. The minimum absolute atomic E-state index is 0.0423. The zero-order valence-corrected chi connectivity index (χ0v) is 13.7. The molecule has 7 nitrogen and oxygen atoms in total. The first kappa shape index (κ1) is 16.0. The molecule has 2 heterocycles.